The van der Waals surface area contributed by atoms with Gasteiger partial charge in [-0.3, -0.25) is 19.1 Å². The minimum Gasteiger partial charge on any atom is -0.387 e. The summed E-state index contributed by atoms with van der Waals surface area (Å²) in [5.74, 6) is -0.824. The van der Waals surface area contributed by atoms with E-state index in [1.165, 1.54) is 0 Å². The number of aliphatic hydroxyl groups excluding tert-OH is 2. The molecule has 1 saturated carbocycles. The molecule has 0 spiro atoms. The van der Waals surface area contributed by atoms with E-state index >= 15 is 0 Å². The molecule has 14 nitrogen and oxygen atoms in total. The number of hydrogen-bond donors (Lipinski definition) is 5. The molecule has 4 atom stereocenters. The molecular weight excluding hydrogens is 428 g/mol. The van der Waals surface area contributed by atoms with E-state index in [9.17, 15) is 34.3 Å². The van der Waals surface area contributed by atoms with Crippen LogP contribution in [0.1, 0.15) is 38.3 Å². The summed E-state index contributed by atoms with van der Waals surface area (Å²) in [5.41, 5.74) is -1.54. The van der Waals surface area contributed by atoms with Gasteiger partial charge in [0.15, 0.2) is 12.3 Å². The molecule has 32 heavy (non-hydrogen) atoms. The van der Waals surface area contributed by atoms with Crippen molar-refractivity contribution >= 4 is 11.9 Å². The lowest BCUT2D eigenvalue weighted by Crippen LogP contribution is -2.47. The first-order valence-electron chi connectivity index (χ1n) is 10.3. The van der Waals surface area contributed by atoms with Crippen molar-refractivity contribution in [2.24, 2.45) is 5.29 Å². The first-order valence-corrected chi connectivity index (χ1v) is 10.3. The number of ether oxygens (including phenoxy) is 1. The molecule has 2 fully saturated rings. The van der Waals surface area contributed by atoms with Gasteiger partial charge in [0.1, 0.15) is 12.2 Å². The lowest BCUT2D eigenvalue weighted by Gasteiger charge is -2.24. The Kier molecular flexibility index (Phi) is 7.71. The third-order valence-corrected chi connectivity index (χ3v) is 5.51. The van der Waals surface area contributed by atoms with E-state index in [1.54, 1.807) is 0 Å². The third kappa shape index (κ3) is 5.38. The number of H-pyrrole nitrogens is 1. The molecule has 0 radical (unpaired) electrons. The van der Waals surface area contributed by atoms with Gasteiger partial charge in [0.25, 0.3) is 11.5 Å². The molecule has 2 heterocycles. The number of carbonyl (C=O) groups excluding carboxylic acids is 2. The first-order chi connectivity index (χ1) is 15.3. The van der Waals surface area contributed by atoms with Crippen molar-refractivity contribution in [3.63, 3.8) is 0 Å². The van der Waals surface area contributed by atoms with E-state index in [2.05, 4.69) is 15.9 Å². The number of aliphatic hydroxyl groups is 2. The monoisotopic (exact) mass is 454 g/mol. The molecular formula is C18H26N6O8. The summed E-state index contributed by atoms with van der Waals surface area (Å²) in [6.07, 6.45) is -0.383. The molecule has 14 heteroatoms. The highest BCUT2D eigenvalue weighted by atomic mass is 16.6. The lowest BCUT2D eigenvalue weighted by atomic mass is 9.96. The predicted molar refractivity (Wildman–Crippen MR) is 108 cm³/mol. The average molecular weight is 454 g/mol. The number of carbonyl (C=O) groups is 2. The van der Waals surface area contributed by atoms with Gasteiger partial charge in [-0.1, -0.05) is 19.3 Å². The number of aromatic amines is 1. The smallest absolute Gasteiger partial charge is 0.340 e. The van der Waals surface area contributed by atoms with Gasteiger partial charge < -0.3 is 25.6 Å². The van der Waals surface area contributed by atoms with Crippen LogP contribution in [-0.4, -0.2) is 74.2 Å². The van der Waals surface area contributed by atoms with Crippen molar-refractivity contribution in [3.05, 3.63) is 38.0 Å². The minimum absolute atomic E-state index is 0.0214. The van der Waals surface area contributed by atoms with Crippen LogP contribution >= 0.6 is 0 Å². The normalized spacial score (nSPS) is 25.8. The van der Waals surface area contributed by atoms with Crippen LogP contribution in [0.3, 0.4) is 0 Å². The zero-order valence-corrected chi connectivity index (χ0v) is 17.2. The zero-order chi connectivity index (χ0) is 23.3. The van der Waals surface area contributed by atoms with E-state index < -0.39 is 47.7 Å². The van der Waals surface area contributed by atoms with Gasteiger partial charge in [-0.05, 0) is 12.8 Å². The van der Waals surface area contributed by atoms with Gasteiger partial charge in [-0.2, -0.15) is 5.01 Å². The maximum absolute atomic E-state index is 12.4. The minimum atomic E-state index is -1.66. The highest BCUT2D eigenvalue weighted by Gasteiger charge is 2.47. The molecule has 5 N–H and O–H groups in total. The second-order valence-electron chi connectivity index (χ2n) is 7.73. The van der Waals surface area contributed by atoms with E-state index in [4.69, 9.17) is 4.74 Å². The molecule has 176 valence electrons. The molecule has 1 saturated heterocycles. The fourth-order valence-electron chi connectivity index (χ4n) is 3.79. The lowest BCUT2D eigenvalue weighted by molar-refractivity contribution is -0.137. The third-order valence-electron chi connectivity index (χ3n) is 5.51. The summed E-state index contributed by atoms with van der Waals surface area (Å²) in [7, 11) is 0. The van der Waals surface area contributed by atoms with Gasteiger partial charge in [0.05, 0.1) is 11.8 Å². The van der Waals surface area contributed by atoms with E-state index in [-0.39, 0.29) is 19.1 Å². The Labute approximate surface area is 181 Å². The van der Waals surface area contributed by atoms with E-state index in [1.807, 2.05) is 4.98 Å². The number of amides is 3. The Hall–Kier alpha value is -3.10. The quantitative estimate of drug-likeness (QED) is 0.237. The predicted octanol–water partition coefficient (Wildman–Crippen LogP) is -1.70. The number of nitrogens with one attached hydrogen (secondary N) is 3. The van der Waals surface area contributed by atoms with Crippen molar-refractivity contribution in [2.75, 3.05) is 13.1 Å². The Balaban J connectivity index is 1.52. The van der Waals surface area contributed by atoms with Gasteiger partial charge in [-0.15, -0.1) is 4.91 Å². The van der Waals surface area contributed by atoms with Gasteiger partial charge in [-0.25, -0.2) is 9.59 Å². The standard InChI is InChI=1S/C18H26N6O8/c25-11-6-8-23(17(29)21-11)16-13(27)12(26)14(32-16)15(28)19-7-9-24(22-31)18(30)20-10-4-2-1-3-5-10/h6,8,10,12-14,16,26-27H,1-5,7,9H2,(H,19,28)(H,20,30)(H,21,25,29)/t12-,13+,14-,16?/m0/s1. The van der Waals surface area contributed by atoms with Crippen LogP contribution in [0.4, 0.5) is 4.79 Å². The molecule has 3 rings (SSSR count). The summed E-state index contributed by atoms with van der Waals surface area (Å²) >= 11 is 0. The molecule has 0 bridgehead atoms. The van der Waals surface area contributed by atoms with Crippen LogP contribution in [-0.2, 0) is 9.53 Å². The molecule has 0 aromatic carbocycles. The maximum Gasteiger partial charge on any atom is 0.340 e. The first kappa shape index (κ1) is 23.6. The number of hydrogen-bond acceptors (Lipinski definition) is 9. The van der Waals surface area contributed by atoms with E-state index in [0.29, 0.717) is 5.01 Å². The summed E-state index contributed by atoms with van der Waals surface area (Å²) in [4.78, 5) is 60.7. The van der Waals surface area contributed by atoms with Crippen LogP contribution in [0, 0.1) is 4.91 Å². The molecule has 1 aromatic rings. The van der Waals surface area contributed by atoms with Crippen LogP contribution in [0.15, 0.2) is 27.1 Å². The largest absolute Gasteiger partial charge is 0.387 e. The number of urea groups is 1. The van der Waals surface area contributed by atoms with Crippen molar-refractivity contribution in [3.8, 4) is 0 Å². The van der Waals surface area contributed by atoms with Crippen molar-refractivity contribution in [1.29, 1.82) is 0 Å². The summed E-state index contributed by atoms with van der Waals surface area (Å²) < 4.78 is 6.18. The van der Waals surface area contributed by atoms with Crippen molar-refractivity contribution in [2.45, 2.75) is 62.7 Å². The highest BCUT2D eigenvalue weighted by Crippen LogP contribution is 2.28. The highest BCUT2D eigenvalue weighted by molar-refractivity contribution is 5.82. The zero-order valence-electron chi connectivity index (χ0n) is 17.2. The number of aromatic nitrogens is 2. The van der Waals surface area contributed by atoms with Crippen LogP contribution in [0.25, 0.3) is 0 Å². The fourth-order valence-corrected chi connectivity index (χ4v) is 3.79. The summed E-state index contributed by atoms with van der Waals surface area (Å²) in [6, 6.07) is 0.342. The Morgan fingerprint density at radius 3 is 2.59 bits per heavy atom. The molecule has 2 aliphatic rings. The Morgan fingerprint density at radius 2 is 1.94 bits per heavy atom. The second kappa shape index (κ2) is 10.5. The maximum atomic E-state index is 12.4. The van der Waals surface area contributed by atoms with Crippen LogP contribution in [0.2, 0.25) is 0 Å². The SMILES string of the molecule is O=NN(CCNC(=O)[C@H]1OC(n2ccc(=O)[nH]c2=O)[C@H](O)[C@@H]1O)C(=O)NC1CCCCC1. The van der Waals surface area contributed by atoms with Gasteiger partial charge >= 0.3 is 11.7 Å². The molecule has 1 aliphatic heterocycles. The summed E-state index contributed by atoms with van der Waals surface area (Å²) in [6.45, 7) is -0.392. The molecule has 1 unspecified atom stereocenters. The van der Waals surface area contributed by atoms with Crippen LogP contribution in [0.5, 0.6) is 0 Å². The Morgan fingerprint density at radius 1 is 1.22 bits per heavy atom. The van der Waals surface area contributed by atoms with E-state index in [0.717, 1.165) is 48.9 Å². The topological polar surface area (TPSA) is 195 Å². The average Bonchev–Trinajstić information content (AvgIpc) is 3.06. The number of nitroso groups, excluding NO2 is 1. The Bertz CT molecular complexity index is 942. The van der Waals surface area contributed by atoms with Crippen molar-refractivity contribution < 1.29 is 24.5 Å². The second-order valence-corrected chi connectivity index (χ2v) is 7.73. The van der Waals surface area contributed by atoms with Crippen LogP contribution < -0.4 is 21.9 Å². The molecule has 1 aliphatic carbocycles. The molecule has 3 amide bonds. The number of rotatable bonds is 7. The summed E-state index contributed by atoms with van der Waals surface area (Å²) in [5, 5.41) is 28.8. The van der Waals surface area contributed by atoms with Gasteiger partial charge in [0.2, 0.25) is 0 Å². The number of nitrogens with zero attached hydrogens (tertiary/aromatic N) is 3. The fraction of sp³-hybridized carbons (Fsp3) is 0.667. The van der Waals surface area contributed by atoms with Gasteiger partial charge in [0, 0.05) is 24.8 Å². The van der Waals surface area contributed by atoms with Crippen molar-refractivity contribution in [1.82, 2.24) is 25.2 Å². The molecule has 1 aromatic heterocycles.